The molecule has 0 aliphatic carbocycles. The number of hydrogen-bond donors (Lipinski definition) is 2. The first-order chi connectivity index (χ1) is 7.88. The Morgan fingerprint density at radius 3 is 2.71 bits per heavy atom. The normalized spacial score (nSPS) is 11.8. The Morgan fingerprint density at radius 1 is 1.47 bits per heavy atom. The minimum absolute atomic E-state index is 0.0732. The second kappa shape index (κ2) is 5.90. The minimum Gasteiger partial charge on any atom is -0.396 e. The van der Waals surface area contributed by atoms with Crippen molar-refractivity contribution in [1.29, 1.82) is 0 Å². The van der Waals surface area contributed by atoms with Gasteiger partial charge in [0.2, 0.25) is 10.0 Å². The summed E-state index contributed by atoms with van der Waals surface area (Å²) in [6, 6.07) is 2.39. The Labute approximate surface area is 108 Å². The molecular formula is C10H13BrFNO3S. The third-order valence-corrected chi connectivity index (χ3v) is 4.46. The van der Waals surface area contributed by atoms with Crippen LogP contribution in [0.2, 0.25) is 0 Å². The van der Waals surface area contributed by atoms with E-state index in [0.717, 1.165) is 6.07 Å². The van der Waals surface area contributed by atoms with Crippen LogP contribution in [0.5, 0.6) is 0 Å². The number of rotatable bonds is 5. The smallest absolute Gasteiger partial charge is 0.243 e. The zero-order valence-corrected chi connectivity index (χ0v) is 11.6. The quantitative estimate of drug-likeness (QED) is 0.807. The van der Waals surface area contributed by atoms with Crippen molar-refractivity contribution in [2.45, 2.75) is 18.2 Å². The van der Waals surface area contributed by atoms with Crippen LogP contribution in [0.15, 0.2) is 21.5 Å². The van der Waals surface area contributed by atoms with Crippen LogP contribution < -0.4 is 4.72 Å². The average molecular weight is 326 g/mol. The van der Waals surface area contributed by atoms with E-state index in [1.165, 1.54) is 6.07 Å². The van der Waals surface area contributed by atoms with Crippen LogP contribution in [-0.4, -0.2) is 26.7 Å². The summed E-state index contributed by atoms with van der Waals surface area (Å²) >= 11 is 3.16. The highest BCUT2D eigenvalue weighted by atomic mass is 79.9. The van der Waals surface area contributed by atoms with Gasteiger partial charge in [0.1, 0.15) is 10.7 Å². The number of halogens is 2. The highest BCUT2D eigenvalue weighted by Crippen LogP contribution is 2.23. The zero-order valence-electron chi connectivity index (χ0n) is 9.20. The van der Waals surface area contributed by atoms with Crippen LogP contribution in [0.25, 0.3) is 0 Å². The summed E-state index contributed by atoms with van der Waals surface area (Å²) in [7, 11) is -3.87. The van der Waals surface area contributed by atoms with Crippen LogP contribution in [0, 0.1) is 12.7 Å². The Balaban J connectivity index is 3.03. The van der Waals surface area contributed by atoms with Crippen LogP contribution in [0.4, 0.5) is 4.39 Å². The van der Waals surface area contributed by atoms with Gasteiger partial charge in [-0.2, -0.15) is 0 Å². The van der Waals surface area contributed by atoms with Crippen LogP contribution in [0.1, 0.15) is 12.0 Å². The summed E-state index contributed by atoms with van der Waals surface area (Å²) in [5.41, 5.74) is 0.622. The lowest BCUT2D eigenvalue weighted by molar-refractivity contribution is 0.289. The van der Waals surface area contributed by atoms with E-state index in [-0.39, 0.29) is 19.6 Å². The maximum atomic E-state index is 13.5. The van der Waals surface area contributed by atoms with E-state index < -0.39 is 20.7 Å². The molecule has 0 amide bonds. The van der Waals surface area contributed by atoms with Gasteiger partial charge in [0, 0.05) is 17.6 Å². The van der Waals surface area contributed by atoms with E-state index in [1.807, 2.05) is 0 Å². The largest absolute Gasteiger partial charge is 0.396 e. The predicted octanol–water partition coefficient (Wildman–Crippen LogP) is 1.56. The monoisotopic (exact) mass is 325 g/mol. The van der Waals surface area contributed by atoms with Crippen molar-refractivity contribution >= 4 is 26.0 Å². The fourth-order valence-corrected chi connectivity index (χ4v) is 2.85. The summed E-state index contributed by atoms with van der Waals surface area (Å²) in [6.07, 6.45) is 0.286. The highest BCUT2D eigenvalue weighted by Gasteiger charge is 2.19. The molecule has 0 aromatic heterocycles. The number of aliphatic hydroxyl groups is 1. The van der Waals surface area contributed by atoms with Crippen molar-refractivity contribution in [1.82, 2.24) is 4.72 Å². The van der Waals surface area contributed by atoms with E-state index >= 15 is 0 Å². The lowest BCUT2D eigenvalue weighted by Gasteiger charge is -2.08. The molecule has 17 heavy (non-hydrogen) atoms. The molecular weight excluding hydrogens is 313 g/mol. The molecule has 1 aromatic rings. The summed E-state index contributed by atoms with van der Waals surface area (Å²) in [6.45, 7) is 1.62. The molecule has 2 N–H and O–H groups in total. The number of hydrogen-bond acceptors (Lipinski definition) is 3. The third-order valence-electron chi connectivity index (χ3n) is 2.13. The van der Waals surface area contributed by atoms with Crippen LogP contribution in [-0.2, 0) is 10.0 Å². The van der Waals surface area contributed by atoms with Gasteiger partial charge in [-0.1, -0.05) is 15.9 Å². The molecule has 0 fully saturated rings. The predicted molar refractivity (Wildman–Crippen MR) is 65.7 cm³/mol. The van der Waals surface area contributed by atoms with Gasteiger partial charge in [0.15, 0.2) is 0 Å². The molecule has 4 nitrogen and oxygen atoms in total. The SMILES string of the molecule is Cc1cc(F)c(S(=O)(=O)NCCCO)cc1Br. The van der Waals surface area contributed by atoms with Crippen molar-refractivity contribution in [3.63, 3.8) is 0 Å². The lowest BCUT2D eigenvalue weighted by Crippen LogP contribution is -2.26. The van der Waals surface area contributed by atoms with Crippen molar-refractivity contribution in [2.24, 2.45) is 0 Å². The fraction of sp³-hybridized carbons (Fsp3) is 0.400. The molecule has 0 radical (unpaired) electrons. The molecule has 0 atom stereocenters. The molecule has 0 aliphatic heterocycles. The Morgan fingerprint density at radius 2 is 2.12 bits per heavy atom. The van der Waals surface area contributed by atoms with Crippen molar-refractivity contribution < 1.29 is 17.9 Å². The summed E-state index contributed by atoms with van der Waals surface area (Å²) in [5, 5.41) is 8.55. The topological polar surface area (TPSA) is 66.4 Å². The molecule has 0 heterocycles. The maximum absolute atomic E-state index is 13.5. The van der Waals surface area contributed by atoms with E-state index in [9.17, 15) is 12.8 Å². The van der Waals surface area contributed by atoms with Gasteiger partial charge in [-0.15, -0.1) is 0 Å². The van der Waals surface area contributed by atoms with Crippen molar-refractivity contribution in [3.05, 3.63) is 28.0 Å². The Hall–Kier alpha value is -0.500. The molecule has 0 spiro atoms. The van der Waals surface area contributed by atoms with Gasteiger partial charge in [-0.25, -0.2) is 17.5 Å². The zero-order chi connectivity index (χ0) is 13.1. The first kappa shape index (κ1) is 14.6. The Bertz CT molecular complexity index is 505. The second-order valence-electron chi connectivity index (χ2n) is 3.51. The Kier molecular flexibility index (Phi) is 5.05. The maximum Gasteiger partial charge on any atom is 0.243 e. The van der Waals surface area contributed by atoms with Gasteiger partial charge >= 0.3 is 0 Å². The number of sulfonamides is 1. The molecule has 7 heteroatoms. The van der Waals surface area contributed by atoms with Crippen LogP contribution in [0.3, 0.4) is 0 Å². The fourth-order valence-electron chi connectivity index (χ4n) is 1.20. The van der Waals surface area contributed by atoms with Gasteiger partial charge in [-0.3, -0.25) is 0 Å². The molecule has 1 rings (SSSR count). The van der Waals surface area contributed by atoms with E-state index in [2.05, 4.69) is 20.7 Å². The summed E-state index contributed by atoms with van der Waals surface area (Å²) in [4.78, 5) is -0.395. The molecule has 96 valence electrons. The van der Waals surface area contributed by atoms with Gasteiger partial charge in [-0.05, 0) is 31.0 Å². The van der Waals surface area contributed by atoms with Crippen molar-refractivity contribution in [3.8, 4) is 0 Å². The highest BCUT2D eigenvalue weighted by molar-refractivity contribution is 9.10. The molecule has 0 saturated carbocycles. The van der Waals surface area contributed by atoms with E-state index in [0.29, 0.717) is 10.0 Å². The molecule has 0 bridgehead atoms. The second-order valence-corrected chi connectivity index (χ2v) is 6.10. The number of nitrogens with one attached hydrogen (secondary N) is 1. The molecule has 1 aromatic carbocycles. The van der Waals surface area contributed by atoms with Crippen LogP contribution >= 0.6 is 15.9 Å². The van der Waals surface area contributed by atoms with E-state index in [4.69, 9.17) is 5.11 Å². The third kappa shape index (κ3) is 3.74. The molecule has 0 unspecified atom stereocenters. The number of benzene rings is 1. The summed E-state index contributed by atoms with van der Waals surface area (Å²) in [5.74, 6) is -0.790. The molecule has 0 aliphatic rings. The standard InChI is InChI=1S/C10H13BrFNO3S/c1-7-5-9(12)10(6-8(7)11)17(15,16)13-3-2-4-14/h5-6,13-14H,2-4H2,1H3. The number of aryl methyl sites for hydroxylation is 1. The first-order valence-corrected chi connectivity index (χ1v) is 7.22. The van der Waals surface area contributed by atoms with Gasteiger partial charge < -0.3 is 5.11 Å². The van der Waals surface area contributed by atoms with Gasteiger partial charge in [0.05, 0.1) is 0 Å². The van der Waals surface area contributed by atoms with Crippen molar-refractivity contribution in [2.75, 3.05) is 13.2 Å². The van der Waals surface area contributed by atoms with E-state index in [1.54, 1.807) is 6.92 Å². The minimum atomic E-state index is -3.87. The lowest BCUT2D eigenvalue weighted by atomic mass is 10.2. The molecule has 0 saturated heterocycles. The van der Waals surface area contributed by atoms with Gasteiger partial charge in [0.25, 0.3) is 0 Å². The first-order valence-electron chi connectivity index (χ1n) is 4.94. The summed E-state index contributed by atoms with van der Waals surface area (Å²) < 4.78 is 39.8. The average Bonchev–Trinajstić information content (AvgIpc) is 2.23. The number of aliphatic hydroxyl groups excluding tert-OH is 1.